The number of aliphatic hydroxyl groups is 1. The number of anilines is 1. The van der Waals surface area contributed by atoms with Gasteiger partial charge in [-0.2, -0.15) is 0 Å². The number of nitro benzene ring substituents is 1. The summed E-state index contributed by atoms with van der Waals surface area (Å²) >= 11 is 0. The molecule has 6 nitrogen and oxygen atoms in total. The molecule has 0 bridgehead atoms. The molecule has 112 valence electrons. The third kappa shape index (κ3) is 4.47. The molecule has 0 saturated heterocycles. The first-order valence-corrected chi connectivity index (χ1v) is 6.77. The van der Waals surface area contributed by atoms with E-state index in [2.05, 4.69) is 16.7 Å². The SMILES string of the molecule is CCN(CCCN(C)C)c1ccc([N+](=O)[O-])c(CO)c1. The number of hydrogen-bond acceptors (Lipinski definition) is 5. The molecule has 1 aromatic carbocycles. The highest BCUT2D eigenvalue weighted by molar-refractivity contribution is 5.55. The van der Waals surface area contributed by atoms with Crippen LogP contribution in [0.4, 0.5) is 11.4 Å². The molecule has 1 rings (SSSR count). The fourth-order valence-electron chi connectivity index (χ4n) is 2.12. The molecule has 0 unspecified atom stereocenters. The molecule has 1 N–H and O–H groups in total. The molecule has 1 aromatic rings. The Kier molecular flexibility index (Phi) is 6.41. The quantitative estimate of drug-likeness (QED) is 0.582. The van der Waals surface area contributed by atoms with Crippen LogP contribution >= 0.6 is 0 Å². The maximum Gasteiger partial charge on any atom is 0.275 e. The molecule has 0 aliphatic carbocycles. The van der Waals surface area contributed by atoms with E-state index in [0.29, 0.717) is 5.56 Å². The number of nitro groups is 1. The zero-order valence-electron chi connectivity index (χ0n) is 12.4. The molecular weight excluding hydrogens is 258 g/mol. The minimum absolute atomic E-state index is 0.0272. The van der Waals surface area contributed by atoms with E-state index in [4.69, 9.17) is 0 Å². The molecule has 0 saturated carbocycles. The van der Waals surface area contributed by atoms with Gasteiger partial charge in [0.15, 0.2) is 0 Å². The predicted octanol–water partition coefficient (Wildman–Crippen LogP) is 1.87. The molecule has 0 heterocycles. The Hall–Kier alpha value is -1.66. The minimum atomic E-state index is -0.461. The van der Waals surface area contributed by atoms with Crippen LogP contribution in [0.25, 0.3) is 0 Å². The summed E-state index contributed by atoms with van der Waals surface area (Å²) in [6.07, 6.45) is 1.02. The van der Waals surface area contributed by atoms with Gasteiger partial charge in [0.25, 0.3) is 5.69 Å². The zero-order chi connectivity index (χ0) is 15.1. The first-order chi connectivity index (χ1) is 9.49. The summed E-state index contributed by atoms with van der Waals surface area (Å²) in [5.41, 5.74) is 1.25. The number of benzene rings is 1. The van der Waals surface area contributed by atoms with E-state index in [9.17, 15) is 15.2 Å². The highest BCUT2D eigenvalue weighted by Gasteiger charge is 2.15. The van der Waals surface area contributed by atoms with E-state index in [1.54, 1.807) is 12.1 Å². The Bertz CT molecular complexity index is 449. The molecule has 0 radical (unpaired) electrons. The van der Waals surface area contributed by atoms with Crippen molar-refractivity contribution in [2.45, 2.75) is 20.0 Å². The van der Waals surface area contributed by atoms with Crippen LogP contribution in [0.2, 0.25) is 0 Å². The fourth-order valence-corrected chi connectivity index (χ4v) is 2.12. The van der Waals surface area contributed by atoms with Crippen molar-refractivity contribution in [3.05, 3.63) is 33.9 Å². The van der Waals surface area contributed by atoms with Crippen LogP contribution in [-0.2, 0) is 6.61 Å². The van der Waals surface area contributed by atoms with Crippen LogP contribution in [0.3, 0.4) is 0 Å². The molecule has 20 heavy (non-hydrogen) atoms. The van der Waals surface area contributed by atoms with Crippen molar-refractivity contribution in [1.82, 2.24) is 4.90 Å². The third-order valence-corrected chi connectivity index (χ3v) is 3.21. The number of nitrogens with zero attached hydrogens (tertiary/aromatic N) is 3. The highest BCUT2D eigenvalue weighted by Crippen LogP contribution is 2.25. The van der Waals surface area contributed by atoms with Crippen LogP contribution in [-0.4, -0.2) is 48.7 Å². The zero-order valence-corrected chi connectivity index (χ0v) is 12.4. The van der Waals surface area contributed by atoms with E-state index in [-0.39, 0.29) is 12.3 Å². The summed E-state index contributed by atoms with van der Waals surface area (Å²) < 4.78 is 0. The monoisotopic (exact) mass is 281 g/mol. The second-order valence-electron chi connectivity index (χ2n) is 4.96. The topological polar surface area (TPSA) is 69.9 Å². The van der Waals surface area contributed by atoms with Gasteiger partial charge in [-0.15, -0.1) is 0 Å². The predicted molar refractivity (Wildman–Crippen MR) is 80.1 cm³/mol. The van der Waals surface area contributed by atoms with Gasteiger partial charge in [-0.25, -0.2) is 0 Å². The smallest absolute Gasteiger partial charge is 0.275 e. The van der Waals surface area contributed by atoms with Crippen LogP contribution in [0.1, 0.15) is 18.9 Å². The Morgan fingerprint density at radius 2 is 2.00 bits per heavy atom. The van der Waals surface area contributed by atoms with Gasteiger partial charge in [0.1, 0.15) is 0 Å². The number of hydrogen-bond donors (Lipinski definition) is 1. The average Bonchev–Trinajstić information content (AvgIpc) is 2.42. The lowest BCUT2D eigenvalue weighted by Crippen LogP contribution is -2.27. The van der Waals surface area contributed by atoms with Gasteiger partial charge in [-0.05, 0) is 46.1 Å². The number of rotatable bonds is 8. The van der Waals surface area contributed by atoms with Gasteiger partial charge in [-0.1, -0.05) is 0 Å². The van der Waals surface area contributed by atoms with Gasteiger partial charge in [0.2, 0.25) is 0 Å². The molecular formula is C14H23N3O3. The second-order valence-corrected chi connectivity index (χ2v) is 4.96. The lowest BCUT2D eigenvalue weighted by Gasteiger charge is -2.24. The van der Waals surface area contributed by atoms with Gasteiger partial charge in [0, 0.05) is 24.8 Å². The first kappa shape index (κ1) is 16.4. The van der Waals surface area contributed by atoms with Crippen LogP contribution in [0, 0.1) is 10.1 Å². The van der Waals surface area contributed by atoms with Crippen molar-refractivity contribution in [3.63, 3.8) is 0 Å². The Labute approximate surface area is 119 Å². The van der Waals surface area contributed by atoms with E-state index in [1.165, 1.54) is 6.07 Å². The van der Waals surface area contributed by atoms with Crippen molar-refractivity contribution >= 4 is 11.4 Å². The van der Waals surface area contributed by atoms with E-state index >= 15 is 0 Å². The Balaban J connectivity index is 2.84. The standard InChI is InChI=1S/C14H23N3O3/c1-4-16(9-5-8-15(2)3)13-6-7-14(17(19)20)12(10-13)11-18/h6-7,10,18H,4-5,8-9,11H2,1-3H3. The van der Waals surface area contributed by atoms with Crippen LogP contribution < -0.4 is 4.90 Å². The largest absolute Gasteiger partial charge is 0.391 e. The highest BCUT2D eigenvalue weighted by atomic mass is 16.6. The van der Waals surface area contributed by atoms with Crippen LogP contribution in [0.15, 0.2) is 18.2 Å². The van der Waals surface area contributed by atoms with Gasteiger partial charge < -0.3 is 14.9 Å². The van der Waals surface area contributed by atoms with E-state index in [1.807, 2.05) is 14.1 Å². The second kappa shape index (κ2) is 7.81. The molecule has 0 spiro atoms. The Morgan fingerprint density at radius 1 is 1.30 bits per heavy atom. The summed E-state index contributed by atoms with van der Waals surface area (Å²) in [5, 5.41) is 20.1. The molecule has 0 amide bonds. The fraction of sp³-hybridized carbons (Fsp3) is 0.571. The summed E-state index contributed by atoms with van der Waals surface area (Å²) in [6, 6.07) is 4.92. The van der Waals surface area contributed by atoms with E-state index < -0.39 is 4.92 Å². The molecule has 0 fully saturated rings. The van der Waals surface area contributed by atoms with Gasteiger partial charge in [-0.3, -0.25) is 10.1 Å². The average molecular weight is 281 g/mol. The molecule has 0 aromatic heterocycles. The summed E-state index contributed by atoms with van der Waals surface area (Å²) in [4.78, 5) is 14.7. The summed E-state index contributed by atoms with van der Waals surface area (Å²) in [6.45, 7) is 4.44. The van der Waals surface area contributed by atoms with Crippen molar-refractivity contribution in [2.24, 2.45) is 0 Å². The molecule has 0 aliphatic heterocycles. The maximum absolute atomic E-state index is 10.9. The lowest BCUT2D eigenvalue weighted by molar-refractivity contribution is -0.385. The minimum Gasteiger partial charge on any atom is -0.391 e. The first-order valence-electron chi connectivity index (χ1n) is 6.77. The third-order valence-electron chi connectivity index (χ3n) is 3.21. The summed E-state index contributed by atoms with van der Waals surface area (Å²) in [5.74, 6) is 0. The van der Waals surface area contributed by atoms with Crippen molar-refractivity contribution < 1.29 is 10.0 Å². The molecule has 6 heteroatoms. The lowest BCUT2D eigenvalue weighted by atomic mass is 10.1. The van der Waals surface area contributed by atoms with Crippen molar-refractivity contribution in [2.75, 3.05) is 38.6 Å². The molecule has 0 atom stereocenters. The van der Waals surface area contributed by atoms with E-state index in [0.717, 1.165) is 31.7 Å². The summed E-state index contributed by atoms with van der Waals surface area (Å²) in [7, 11) is 4.07. The van der Waals surface area contributed by atoms with Gasteiger partial charge in [0.05, 0.1) is 17.1 Å². The number of aliphatic hydroxyl groups excluding tert-OH is 1. The molecule has 0 aliphatic rings. The maximum atomic E-state index is 10.9. The van der Waals surface area contributed by atoms with Crippen molar-refractivity contribution in [1.29, 1.82) is 0 Å². The Morgan fingerprint density at radius 3 is 2.50 bits per heavy atom. The van der Waals surface area contributed by atoms with Crippen molar-refractivity contribution in [3.8, 4) is 0 Å². The normalized spacial score (nSPS) is 10.8. The van der Waals surface area contributed by atoms with Crippen LogP contribution in [0.5, 0.6) is 0 Å². The van der Waals surface area contributed by atoms with Gasteiger partial charge >= 0.3 is 0 Å².